The van der Waals surface area contributed by atoms with Gasteiger partial charge in [0, 0.05) is 31.6 Å². The molecule has 0 saturated carbocycles. The number of hydrogen-bond donors (Lipinski definition) is 1. The van der Waals surface area contributed by atoms with Gasteiger partial charge in [-0.2, -0.15) is 0 Å². The number of ether oxygens (including phenoxy) is 1. The third-order valence-corrected chi connectivity index (χ3v) is 5.93. The van der Waals surface area contributed by atoms with E-state index in [9.17, 15) is 12.8 Å². The number of methoxy groups -OCH3 is 1. The Morgan fingerprint density at radius 3 is 2.52 bits per heavy atom. The molecule has 1 heterocycles. The molecule has 0 amide bonds. The van der Waals surface area contributed by atoms with Crippen LogP contribution in [-0.2, 0) is 14.8 Å². The smallest absolute Gasteiger partial charge is 0.262 e. The van der Waals surface area contributed by atoms with Crippen LogP contribution in [0.3, 0.4) is 0 Å². The van der Waals surface area contributed by atoms with Gasteiger partial charge in [0.25, 0.3) is 10.0 Å². The fourth-order valence-electron chi connectivity index (χ4n) is 3.02. The number of nitrogens with one attached hydrogen (secondary N) is 1. The quantitative estimate of drug-likeness (QED) is 0.885. The van der Waals surface area contributed by atoms with E-state index < -0.39 is 15.8 Å². The van der Waals surface area contributed by atoms with E-state index in [-0.39, 0.29) is 11.0 Å². The number of halogens is 1. The molecular weight excluding hydrogens is 343 g/mol. The molecule has 1 aliphatic rings. The van der Waals surface area contributed by atoms with Crippen molar-refractivity contribution in [3.63, 3.8) is 0 Å². The Balaban J connectivity index is 1.74. The fourth-order valence-corrected chi connectivity index (χ4v) is 4.31. The number of sulfonamides is 1. The maximum atomic E-state index is 13.2. The van der Waals surface area contributed by atoms with Gasteiger partial charge in [-0.05, 0) is 61.4 Å². The zero-order chi connectivity index (χ0) is 18.0. The first-order valence-electron chi connectivity index (χ1n) is 8.06. The van der Waals surface area contributed by atoms with E-state index >= 15 is 0 Å². The molecule has 0 aromatic heterocycles. The molecule has 3 rings (SSSR count). The van der Waals surface area contributed by atoms with E-state index in [0.717, 1.165) is 31.3 Å². The fraction of sp³-hybridized carbons (Fsp3) is 0.333. The second-order valence-electron chi connectivity index (χ2n) is 6.15. The maximum Gasteiger partial charge on any atom is 0.262 e. The number of aryl methyl sites for hydroxylation is 1. The van der Waals surface area contributed by atoms with Crippen LogP contribution in [0.25, 0.3) is 0 Å². The molecule has 7 heteroatoms. The third-order valence-electron chi connectivity index (χ3n) is 4.39. The second-order valence-corrected chi connectivity index (χ2v) is 7.81. The van der Waals surface area contributed by atoms with Crippen LogP contribution in [0.2, 0.25) is 0 Å². The second kappa shape index (κ2) is 7.01. The standard InChI is InChI=1S/C18H21FN2O3S/c1-13-11-14(19)3-8-18(13)25(22,23)20-15-4-6-16(7-5-15)21-10-9-17(12-21)24-2/h3-8,11,17,20H,9-10,12H2,1-2H3. The molecule has 1 aliphatic heterocycles. The normalized spacial score (nSPS) is 17.7. The highest BCUT2D eigenvalue weighted by atomic mass is 32.2. The lowest BCUT2D eigenvalue weighted by Gasteiger charge is -2.19. The van der Waals surface area contributed by atoms with Crippen molar-refractivity contribution in [1.29, 1.82) is 0 Å². The highest BCUT2D eigenvalue weighted by Crippen LogP contribution is 2.25. The Morgan fingerprint density at radius 2 is 1.92 bits per heavy atom. The van der Waals surface area contributed by atoms with Crippen molar-refractivity contribution in [2.45, 2.75) is 24.3 Å². The van der Waals surface area contributed by atoms with Gasteiger partial charge in [0.05, 0.1) is 11.0 Å². The van der Waals surface area contributed by atoms with Crippen LogP contribution in [0.15, 0.2) is 47.4 Å². The molecule has 0 radical (unpaired) electrons. The summed E-state index contributed by atoms with van der Waals surface area (Å²) in [5.41, 5.74) is 1.86. The van der Waals surface area contributed by atoms with Gasteiger partial charge in [-0.1, -0.05) is 0 Å². The van der Waals surface area contributed by atoms with Crippen LogP contribution >= 0.6 is 0 Å². The first-order valence-corrected chi connectivity index (χ1v) is 9.54. The summed E-state index contributed by atoms with van der Waals surface area (Å²) in [6.07, 6.45) is 1.22. The summed E-state index contributed by atoms with van der Waals surface area (Å²) < 4.78 is 46.1. The van der Waals surface area contributed by atoms with E-state index in [1.807, 2.05) is 12.1 Å². The van der Waals surface area contributed by atoms with E-state index in [0.29, 0.717) is 11.3 Å². The van der Waals surface area contributed by atoms with Gasteiger partial charge < -0.3 is 9.64 Å². The molecule has 1 fully saturated rings. The van der Waals surface area contributed by atoms with Crippen LogP contribution in [-0.4, -0.2) is 34.7 Å². The minimum Gasteiger partial charge on any atom is -0.380 e. The highest BCUT2D eigenvalue weighted by Gasteiger charge is 2.22. The van der Waals surface area contributed by atoms with Crippen molar-refractivity contribution in [3.05, 3.63) is 53.8 Å². The number of anilines is 2. The number of rotatable bonds is 5. The summed E-state index contributed by atoms with van der Waals surface area (Å²) in [5.74, 6) is -0.458. The minimum absolute atomic E-state index is 0.0699. The van der Waals surface area contributed by atoms with Crippen LogP contribution in [0.4, 0.5) is 15.8 Å². The molecule has 0 bridgehead atoms. The predicted molar refractivity (Wildman–Crippen MR) is 96.0 cm³/mol. The van der Waals surface area contributed by atoms with E-state index in [1.165, 1.54) is 12.1 Å². The van der Waals surface area contributed by atoms with Crippen molar-refractivity contribution in [2.75, 3.05) is 29.8 Å². The molecule has 25 heavy (non-hydrogen) atoms. The number of nitrogens with zero attached hydrogens (tertiary/aromatic N) is 1. The van der Waals surface area contributed by atoms with Gasteiger partial charge >= 0.3 is 0 Å². The highest BCUT2D eigenvalue weighted by molar-refractivity contribution is 7.92. The van der Waals surface area contributed by atoms with Crippen molar-refractivity contribution in [3.8, 4) is 0 Å². The summed E-state index contributed by atoms with van der Waals surface area (Å²) in [6.45, 7) is 3.31. The average Bonchev–Trinajstić information content (AvgIpc) is 3.04. The largest absolute Gasteiger partial charge is 0.380 e. The maximum absolute atomic E-state index is 13.2. The van der Waals surface area contributed by atoms with Crippen LogP contribution in [0.5, 0.6) is 0 Å². The molecule has 2 aromatic carbocycles. The first-order chi connectivity index (χ1) is 11.9. The van der Waals surface area contributed by atoms with Gasteiger partial charge in [0.15, 0.2) is 0 Å². The van der Waals surface area contributed by atoms with E-state index in [4.69, 9.17) is 4.74 Å². The van der Waals surface area contributed by atoms with Crippen LogP contribution in [0.1, 0.15) is 12.0 Å². The summed E-state index contributed by atoms with van der Waals surface area (Å²) in [5, 5.41) is 0. The predicted octanol–water partition coefficient (Wildman–Crippen LogP) is 3.16. The molecular formula is C18H21FN2O3S. The van der Waals surface area contributed by atoms with Gasteiger partial charge in [-0.3, -0.25) is 4.72 Å². The monoisotopic (exact) mass is 364 g/mol. The SMILES string of the molecule is COC1CCN(c2ccc(NS(=O)(=O)c3ccc(F)cc3C)cc2)C1. The molecule has 1 N–H and O–H groups in total. The van der Waals surface area contributed by atoms with Gasteiger partial charge in [-0.15, -0.1) is 0 Å². The molecule has 5 nitrogen and oxygen atoms in total. The Morgan fingerprint density at radius 1 is 1.20 bits per heavy atom. The van der Waals surface area contributed by atoms with Crippen molar-refractivity contribution in [2.24, 2.45) is 0 Å². The molecule has 0 aliphatic carbocycles. The van der Waals surface area contributed by atoms with E-state index in [2.05, 4.69) is 9.62 Å². The van der Waals surface area contributed by atoms with E-state index in [1.54, 1.807) is 26.2 Å². The Labute approximate surface area is 147 Å². The van der Waals surface area contributed by atoms with Crippen LogP contribution in [0, 0.1) is 12.7 Å². The van der Waals surface area contributed by atoms with Crippen molar-refractivity contribution >= 4 is 21.4 Å². The lowest BCUT2D eigenvalue weighted by Crippen LogP contribution is -2.22. The summed E-state index contributed by atoms with van der Waals surface area (Å²) in [7, 11) is -2.04. The van der Waals surface area contributed by atoms with Crippen molar-refractivity contribution in [1.82, 2.24) is 0 Å². The number of benzene rings is 2. The van der Waals surface area contributed by atoms with Crippen molar-refractivity contribution < 1.29 is 17.5 Å². The van der Waals surface area contributed by atoms with Crippen LogP contribution < -0.4 is 9.62 Å². The average molecular weight is 364 g/mol. The Bertz CT molecular complexity index is 853. The zero-order valence-electron chi connectivity index (χ0n) is 14.2. The summed E-state index contributed by atoms with van der Waals surface area (Å²) in [6, 6.07) is 10.8. The molecule has 1 unspecified atom stereocenters. The molecule has 0 spiro atoms. The topological polar surface area (TPSA) is 58.6 Å². The first kappa shape index (κ1) is 17.7. The lowest BCUT2D eigenvalue weighted by molar-refractivity contribution is 0.121. The lowest BCUT2D eigenvalue weighted by atomic mass is 10.2. The third kappa shape index (κ3) is 3.93. The summed E-state index contributed by atoms with van der Waals surface area (Å²) >= 11 is 0. The zero-order valence-corrected chi connectivity index (χ0v) is 15.0. The van der Waals surface area contributed by atoms with Gasteiger partial charge in [0.1, 0.15) is 5.82 Å². The van der Waals surface area contributed by atoms with Gasteiger partial charge in [0.2, 0.25) is 0 Å². The Kier molecular flexibility index (Phi) is 4.96. The van der Waals surface area contributed by atoms with Gasteiger partial charge in [-0.25, -0.2) is 12.8 Å². The Hall–Kier alpha value is -2.12. The summed E-state index contributed by atoms with van der Waals surface area (Å²) in [4.78, 5) is 2.27. The number of hydrogen-bond acceptors (Lipinski definition) is 4. The minimum atomic E-state index is -3.76. The molecule has 2 aromatic rings. The molecule has 1 atom stereocenters. The molecule has 134 valence electrons. The molecule has 1 saturated heterocycles.